The van der Waals surface area contributed by atoms with Gasteiger partial charge in [0.1, 0.15) is 11.6 Å². The molecule has 29 heavy (non-hydrogen) atoms. The summed E-state index contributed by atoms with van der Waals surface area (Å²) in [5.41, 5.74) is 2.28. The van der Waals surface area contributed by atoms with E-state index in [0.717, 1.165) is 36.4 Å². The van der Waals surface area contributed by atoms with Gasteiger partial charge in [-0.2, -0.15) is 0 Å². The van der Waals surface area contributed by atoms with Crippen LogP contribution in [0.15, 0.2) is 53.3 Å². The molecule has 0 N–H and O–H groups in total. The van der Waals surface area contributed by atoms with Crippen molar-refractivity contribution in [3.63, 3.8) is 0 Å². The van der Waals surface area contributed by atoms with Gasteiger partial charge in [0.25, 0.3) is 5.56 Å². The van der Waals surface area contributed by atoms with Crippen LogP contribution in [-0.4, -0.2) is 16.7 Å². The number of rotatable bonds is 7. The Bertz CT molecular complexity index is 1010. The zero-order valence-corrected chi connectivity index (χ0v) is 18.2. The Kier molecular flexibility index (Phi) is 6.41. The fraction of sp³-hybridized carbons (Fsp3) is 0.440. The number of benzene rings is 2. The summed E-state index contributed by atoms with van der Waals surface area (Å²) < 4.78 is 7.12. The number of nitrogens with zero attached hydrogens (tertiary/aromatic N) is 2. The lowest BCUT2D eigenvalue weighted by atomic mass is 9.84. The third-order valence-corrected chi connectivity index (χ3v) is 5.22. The first kappa shape index (κ1) is 21.1. The van der Waals surface area contributed by atoms with E-state index in [1.165, 1.54) is 5.56 Å². The molecule has 0 aliphatic heterocycles. The average Bonchev–Trinajstić information content (AvgIpc) is 2.66. The Morgan fingerprint density at radius 3 is 2.41 bits per heavy atom. The highest BCUT2D eigenvalue weighted by atomic mass is 16.5. The van der Waals surface area contributed by atoms with Crippen molar-refractivity contribution in [3.8, 4) is 5.75 Å². The number of methoxy groups -OCH3 is 1. The first-order valence-corrected chi connectivity index (χ1v) is 10.4. The minimum absolute atomic E-state index is 0.0575. The van der Waals surface area contributed by atoms with Crippen molar-refractivity contribution in [3.05, 3.63) is 70.3 Å². The van der Waals surface area contributed by atoms with Crippen molar-refractivity contribution in [1.29, 1.82) is 0 Å². The number of aromatic nitrogens is 2. The molecule has 0 bridgehead atoms. The van der Waals surface area contributed by atoms with Crippen LogP contribution in [0.4, 0.5) is 0 Å². The molecule has 0 radical (unpaired) electrons. The number of hydrogen-bond donors (Lipinski definition) is 0. The number of para-hydroxylation sites is 1. The number of aryl methyl sites for hydroxylation is 1. The van der Waals surface area contributed by atoms with Crippen molar-refractivity contribution in [2.75, 3.05) is 7.11 Å². The Balaban J connectivity index is 1.91. The quantitative estimate of drug-likeness (QED) is 0.551. The standard InChI is InChI=1S/C25H32N2O2/c1-18(17-25(2,3)4)16-23-26-22-9-7-6-8-21(22)24(28)27(23)15-14-19-10-12-20(29-5)13-11-19/h6-13,18H,14-17H2,1-5H3. The molecule has 3 rings (SSSR count). The molecular weight excluding hydrogens is 360 g/mol. The van der Waals surface area contributed by atoms with Gasteiger partial charge < -0.3 is 4.74 Å². The smallest absolute Gasteiger partial charge is 0.261 e. The fourth-order valence-corrected chi connectivity index (χ4v) is 4.06. The second-order valence-electron chi connectivity index (χ2n) is 9.17. The minimum atomic E-state index is 0.0575. The van der Waals surface area contributed by atoms with Gasteiger partial charge in [-0.1, -0.05) is 52.0 Å². The Morgan fingerprint density at radius 2 is 1.76 bits per heavy atom. The van der Waals surface area contributed by atoms with Crippen LogP contribution >= 0.6 is 0 Å². The zero-order chi connectivity index (χ0) is 21.0. The van der Waals surface area contributed by atoms with Gasteiger partial charge in [0, 0.05) is 13.0 Å². The van der Waals surface area contributed by atoms with E-state index in [0.29, 0.717) is 17.8 Å². The molecule has 0 spiro atoms. The van der Waals surface area contributed by atoms with Gasteiger partial charge in [-0.05, 0) is 54.0 Å². The molecule has 154 valence electrons. The molecule has 0 aliphatic rings. The molecule has 1 heterocycles. The molecule has 0 amide bonds. The summed E-state index contributed by atoms with van der Waals surface area (Å²) in [6.07, 6.45) is 2.68. The van der Waals surface area contributed by atoms with Gasteiger partial charge >= 0.3 is 0 Å². The van der Waals surface area contributed by atoms with Crippen LogP contribution in [0.25, 0.3) is 10.9 Å². The lowest BCUT2D eigenvalue weighted by molar-refractivity contribution is 0.301. The first-order chi connectivity index (χ1) is 13.8. The van der Waals surface area contributed by atoms with Crippen LogP contribution in [-0.2, 0) is 19.4 Å². The number of hydrogen-bond acceptors (Lipinski definition) is 3. The van der Waals surface area contributed by atoms with E-state index in [9.17, 15) is 4.79 Å². The molecule has 1 aromatic heterocycles. The van der Waals surface area contributed by atoms with Gasteiger partial charge in [0.2, 0.25) is 0 Å². The van der Waals surface area contributed by atoms with Crippen LogP contribution in [0.5, 0.6) is 5.75 Å². The molecule has 0 fully saturated rings. The molecule has 2 aromatic carbocycles. The van der Waals surface area contributed by atoms with Crippen molar-refractivity contribution in [1.82, 2.24) is 9.55 Å². The van der Waals surface area contributed by atoms with Crippen molar-refractivity contribution >= 4 is 10.9 Å². The van der Waals surface area contributed by atoms with E-state index in [-0.39, 0.29) is 11.0 Å². The molecule has 3 aromatic rings. The highest BCUT2D eigenvalue weighted by Crippen LogP contribution is 2.26. The van der Waals surface area contributed by atoms with E-state index in [2.05, 4.69) is 39.8 Å². The Labute approximate surface area is 173 Å². The van der Waals surface area contributed by atoms with Crippen molar-refractivity contribution in [2.45, 2.75) is 53.5 Å². The van der Waals surface area contributed by atoms with Crippen LogP contribution in [0.2, 0.25) is 0 Å². The predicted octanol–water partition coefficient (Wildman–Crippen LogP) is 5.26. The number of fused-ring (bicyclic) bond motifs is 1. The topological polar surface area (TPSA) is 44.1 Å². The van der Waals surface area contributed by atoms with E-state index < -0.39 is 0 Å². The van der Waals surface area contributed by atoms with E-state index in [1.54, 1.807) is 7.11 Å². The lowest BCUT2D eigenvalue weighted by Gasteiger charge is -2.24. The summed E-state index contributed by atoms with van der Waals surface area (Å²) in [7, 11) is 1.67. The second-order valence-corrected chi connectivity index (χ2v) is 9.17. The summed E-state index contributed by atoms with van der Waals surface area (Å²) in [6, 6.07) is 15.7. The summed E-state index contributed by atoms with van der Waals surface area (Å²) >= 11 is 0. The maximum absolute atomic E-state index is 13.2. The minimum Gasteiger partial charge on any atom is -0.497 e. The van der Waals surface area contributed by atoms with Gasteiger partial charge in [-0.3, -0.25) is 9.36 Å². The van der Waals surface area contributed by atoms with E-state index in [1.807, 2.05) is 41.0 Å². The predicted molar refractivity (Wildman–Crippen MR) is 120 cm³/mol. The number of ether oxygens (including phenoxy) is 1. The third-order valence-electron chi connectivity index (χ3n) is 5.22. The zero-order valence-electron chi connectivity index (χ0n) is 18.2. The maximum Gasteiger partial charge on any atom is 0.261 e. The van der Waals surface area contributed by atoms with E-state index in [4.69, 9.17) is 9.72 Å². The molecule has 0 saturated heterocycles. The van der Waals surface area contributed by atoms with Gasteiger partial charge in [0.05, 0.1) is 18.0 Å². The fourth-order valence-electron chi connectivity index (χ4n) is 4.06. The van der Waals surface area contributed by atoms with Crippen molar-refractivity contribution < 1.29 is 4.74 Å². The van der Waals surface area contributed by atoms with Crippen LogP contribution in [0, 0.1) is 11.3 Å². The maximum atomic E-state index is 13.2. The summed E-state index contributed by atoms with van der Waals surface area (Å²) in [6.45, 7) is 9.65. The first-order valence-electron chi connectivity index (χ1n) is 10.4. The Morgan fingerprint density at radius 1 is 1.07 bits per heavy atom. The van der Waals surface area contributed by atoms with Crippen LogP contribution in [0.3, 0.4) is 0 Å². The van der Waals surface area contributed by atoms with Gasteiger partial charge in [-0.25, -0.2) is 4.98 Å². The molecule has 4 nitrogen and oxygen atoms in total. The largest absolute Gasteiger partial charge is 0.497 e. The lowest BCUT2D eigenvalue weighted by Crippen LogP contribution is -2.28. The van der Waals surface area contributed by atoms with Crippen LogP contribution < -0.4 is 10.3 Å². The Hall–Kier alpha value is -2.62. The highest BCUT2D eigenvalue weighted by molar-refractivity contribution is 5.77. The average molecular weight is 393 g/mol. The summed E-state index contributed by atoms with van der Waals surface area (Å²) in [4.78, 5) is 18.1. The molecule has 1 atom stereocenters. The summed E-state index contributed by atoms with van der Waals surface area (Å²) in [5, 5.41) is 0.689. The highest BCUT2D eigenvalue weighted by Gasteiger charge is 2.19. The van der Waals surface area contributed by atoms with Crippen LogP contribution in [0.1, 0.15) is 45.5 Å². The third kappa shape index (κ3) is 5.47. The summed E-state index contributed by atoms with van der Waals surface area (Å²) in [5.74, 6) is 2.18. The van der Waals surface area contributed by atoms with Gasteiger partial charge in [-0.15, -0.1) is 0 Å². The molecule has 0 aliphatic carbocycles. The normalized spacial score (nSPS) is 12.9. The SMILES string of the molecule is COc1ccc(CCn2c(CC(C)CC(C)(C)C)nc3ccccc3c2=O)cc1. The second kappa shape index (κ2) is 8.81. The van der Waals surface area contributed by atoms with Crippen molar-refractivity contribution in [2.24, 2.45) is 11.3 Å². The molecule has 0 saturated carbocycles. The monoisotopic (exact) mass is 392 g/mol. The molecular formula is C25H32N2O2. The molecule has 1 unspecified atom stereocenters. The van der Waals surface area contributed by atoms with Gasteiger partial charge in [0.15, 0.2) is 0 Å². The van der Waals surface area contributed by atoms with E-state index >= 15 is 0 Å². The molecule has 4 heteroatoms.